The molecular formula is C21H25NO4. The van der Waals surface area contributed by atoms with E-state index in [2.05, 4.69) is 0 Å². The summed E-state index contributed by atoms with van der Waals surface area (Å²) >= 11 is 0. The van der Waals surface area contributed by atoms with Crippen LogP contribution in [0.15, 0.2) is 23.0 Å². The molecule has 5 heteroatoms. The Kier molecular flexibility index (Phi) is 4.02. The van der Waals surface area contributed by atoms with E-state index in [1.807, 2.05) is 45.1 Å². The standard InChI is InChI=1S/C21H25NO4/c1-12-13(2)18(23)22(19(24)26-20(3,4)5)17-14(12)8-9-16-15(17)10-11-21(6,7)25-16/h8-11H,1-7H3. The number of aromatic nitrogens is 1. The zero-order valence-electron chi connectivity index (χ0n) is 16.4. The summed E-state index contributed by atoms with van der Waals surface area (Å²) in [4.78, 5) is 25.8. The van der Waals surface area contributed by atoms with Gasteiger partial charge in [0.2, 0.25) is 0 Å². The van der Waals surface area contributed by atoms with Crippen LogP contribution in [0.1, 0.15) is 51.3 Å². The first-order valence-corrected chi connectivity index (χ1v) is 8.72. The van der Waals surface area contributed by atoms with E-state index in [-0.39, 0.29) is 5.56 Å². The van der Waals surface area contributed by atoms with Gasteiger partial charge < -0.3 is 9.47 Å². The van der Waals surface area contributed by atoms with Gasteiger partial charge in [0, 0.05) is 16.5 Å². The number of nitrogens with zero attached hydrogens (tertiary/aromatic N) is 1. The highest BCUT2D eigenvalue weighted by Gasteiger charge is 2.28. The SMILES string of the molecule is Cc1c(C)c2ccc3c(c2n(C(=O)OC(C)(C)C)c1=O)C=CC(C)(C)O3. The number of carbonyl (C=O) groups is 1. The minimum absolute atomic E-state index is 0.365. The molecule has 0 unspecified atom stereocenters. The van der Waals surface area contributed by atoms with Crippen molar-refractivity contribution in [3.05, 3.63) is 45.3 Å². The largest absolute Gasteiger partial charge is 0.483 e. The number of benzene rings is 1. The minimum Gasteiger partial charge on any atom is -0.483 e. The van der Waals surface area contributed by atoms with Crippen LogP contribution >= 0.6 is 0 Å². The Hall–Kier alpha value is -2.56. The number of hydrogen-bond acceptors (Lipinski definition) is 4. The summed E-state index contributed by atoms with van der Waals surface area (Å²) in [5, 5.41) is 0.833. The number of fused-ring (bicyclic) bond motifs is 3. The first kappa shape index (κ1) is 18.2. The van der Waals surface area contributed by atoms with Crippen LogP contribution < -0.4 is 10.3 Å². The van der Waals surface area contributed by atoms with Crippen molar-refractivity contribution in [3.63, 3.8) is 0 Å². The molecule has 26 heavy (non-hydrogen) atoms. The molecule has 0 amide bonds. The Labute approximate surface area is 153 Å². The van der Waals surface area contributed by atoms with Gasteiger partial charge in [-0.15, -0.1) is 0 Å². The Bertz CT molecular complexity index is 1000. The van der Waals surface area contributed by atoms with Crippen molar-refractivity contribution in [3.8, 4) is 5.75 Å². The maximum absolute atomic E-state index is 12.9. The molecule has 1 aliphatic heterocycles. The molecule has 0 atom stereocenters. The average Bonchev–Trinajstić information content (AvgIpc) is 2.49. The summed E-state index contributed by atoms with van der Waals surface area (Å²) in [5.74, 6) is 0.643. The highest BCUT2D eigenvalue weighted by Crippen LogP contribution is 2.37. The van der Waals surface area contributed by atoms with E-state index in [9.17, 15) is 9.59 Å². The molecule has 0 bridgehead atoms. The highest BCUT2D eigenvalue weighted by molar-refractivity contribution is 5.98. The molecule has 2 heterocycles. The number of carbonyl (C=O) groups excluding carboxylic acids is 1. The molecule has 0 spiro atoms. The monoisotopic (exact) mass is 355 g/mol. The summed E-state index contributed by atoms with van der Waals surface area (Å²) in [5.41, 5.74) is 1.11. The van der Waals surface area contributed by atoms with Crippen molar-refractivity contribution in [1.29, 1.82) is 0 Å². The molecule has 0 fully saturated rings. The summed E-state index contributed by atoms with van der Waals surface area (Å²) in [6.07, 6.45) is 3.16. The first-order chi connectivity index (χ1) is 11.9. The lowest BCUT2D eigenvalue weighted by Crippen LogP contribution is -2.36. The van der Waals surface area contributed by atoms with Crippen molar-refractivity contribution >= 4 is 23.1 Å². The lowest BCUT2D eigenvalue weighted by molar-refractivity contribution is 0.0538. The number of pyridine rings is 1. The molecule has 1 aromatic heterocycles. The molecule has 1 aromatic carbocycles. The van der Waals surface area contributed by atoms with Gasteiger partial charge in [-0.3, -0.25) is 4.79 Å². The van der Waals surface area contributed by atoms with Crippen LogP contribution in [0.25, 0.3) is 17.0 Å². The summed E-state index contributed by atoms with van der Waals surface area (Å²) in [6.45, 7) is 12.9. The van der Waals surface area contributed by atoms with Crippen molar-refractivity contribution in [1.82, 2.24) is 4.57 Å². The molecule has 1 aliphatic rings. The van der Waals surface area contributed by atoms with E-state index < -0.39 is 17.3 Å². The van der Waals surface area contributed by atoms with Gasteiger partial charge in [-0.25, -0.2) is 9.36 Å². The second-order valence-corrected chi connectivity index (χ2v) is 8.28. The molecule has 0 radical (unpaired) electrons. The minimum atomic E-state index is -0.704. The van der Waals surface area contributed by atoms with E-state index in [0.717, 1.165) is 15.5 Å². The van der Waals surface area contributed by atoms with Gasteiger partial charge in [0.15, 0.2) is 0 Å². The topological polar surface area (TPSA) is 57.5 Å². The molecule has 0 saturated carbocycles. The van der Waals surface area contributed by atoms with Crippen LogP contribution in [-0.2, 0) is 4.74 Å². The number of ether oxygens (including phenoxy) is 2. The summed E-state index contributed by atoms with van der Waals surface area (Å²) in [6, 6.07) is 3.78. The lowest BCUT2D eigenvalue weighted by atomic mass is 9.97. The molecular weight excluding hydrogens is 330 g/mol. The zero-order chi connectivity index (χ0) is 19.4. The third-order valence-corrected chi connectivity index (χ3v) is 4.49. The molecule has 0 saturated heterocycles. The number of aryl methyl sites for hydroxylation is 1. The Morgan fingerprint density at radius 1 is 1.15 bits per heavy atom. The van der Waals surface area contributed by atoms with Crippen LogP contribution in [0.5, 0.6) is 5.75 Å². The van der Waals surface area contributed by atoms with Crippen LogP contribution in [-0.4, -0.2) is 21.9 Å². The fourth-order valence-electron chi connectivity index (χ4n) is 3.10. The van der Waals surface area contributed by atoms with Crippen LogP contribution in [0.2, 0.25) is 0 Å². The summed E-state index contributed by atoms with van der Waals surface area (Å²) < 4.78 is 12.7. The van der Waals surface area contributed by atoms with E-state index in [4.69, 9.17) is 9.47 Å². The van der Waals surface area contributed by atoms with Crippen molar-refractivity contribution in [2.24, 2.45) is 0 Å². The van der Waals surface area contributed by atoms with E-state index in [1.54, 1.807) is 27.7 Å². The van der Waals surface area contributed by atoms with Crippen molar-refractivity contribution < 1.29 is 14.3 Å². The van der Waals surface area contributed by atoms with Gasteiger partial charge in [0.05, 0.1) is 5.52 Å². The zero-order valence-corrected chi connectivity index (χ0v) is 16.4. The van der Waals surface area contributed by atoms with Gasteiger partial charge in [0.25, 0.3) is 5.56 Å². The Morgan fingerprint density at radius 2 is 1.81 bits per heavy atom. The smallest absolute Gasteiger partial charge is 0.422 e. The second kappa shape index (κ2) is 5.73. The van der Waals surface area contributed by atoms with Gasteiger partial charge in [0.1, 0.15) is 17.0 Å². The maximum atomic E-state index is 12.9. The maximum Gasteiger partial charge on any atom is 0.422 e. The lowest BCUT2D eigenvalue weighted by Gasteiger charge is -2.29. The number of rotatable bonds is 0. The van der Waals surface area contributed by atoms with Crippen LogP contribution in [0.3, 0.4) is 0 Å². The van der Waals surface area contributed by atoms with Crippen molar-refractivity contribution in [2.45, 2.75) is 59.7 Å². The van der Waals surface area contributed by atoms with Crippen LogP contribution in [0.4, 0.5) is 4.79 Å². The third-order valence-electron chi connectivity index (χ3n) is 4.49. The molecule has 0 aliphatic carbocycles. The van der Waals surface area contributed by atoms with Gasteiger partial charge in [-0.2, -0.15) is 0 Å². The fraction of sp³-hybridized carbons (Fsp3) is 0.429. The third kappa shape index (κ3) is 3.02. The van der Waals surface area contributed by atoms with E-state index >= 15 is 0 Å². The molecule has 2 aromatic rings. The quantitative estimate of drug-likeness (QED) is 0.694. The van der Waals surface area contributed by atoms with Gasteiger partial charge in [-0.1, -0.05) is 0 Å². The molecule has 3 rings (SSSR count). The predicted octanol–water partition coefficient (Wildman–Crippen LogP) is 4.59. The Balaban J connectivity index is 2.40. The molecule has 5 nitrogen and oxygen atoms in total. The Morgan fingerprint density at radius 3 is 2.42 bits per heavy atom. The van der Waals surface area contributed by atoms with Crippen molar-refractivity contribution in [2.75, 3.05) is 0 Å². The normalized spacial score (nSPS) is 15.5. The number of hydrogen-bond donors (Lipinski definition) is 0. The highest BCUT2D eigenvalue weighted by atomic mass is 16.6. The molecule has 0 N–H and O–H groups in total. The van der Waals surface area contributed by atoms with E-state index in [0.29, 0.717) is 22.4 Å². The second-order valence-electron chi connectivity index (χ2n) is 8.28. The summed E-state index contributed by atoms with van der Waals surface area (Å²) in [7, 11) is 0. The fourth-order valence-corrected chi connectivity index (χ4v) is 3.10. The van der Waals surface area contributed by atoms with Gasteiger partial charge >= 0.3 is 6.09 Å². The van der Waals surface area contributed by atoms with E-state index in [1.165, 1.54) is 0 Å². The van der Waals surface area contributed by atoms with Crippen LogP contribution in [0, 0.1) is 13.8 Å². The van der Waals surface area contributed by atoms with Gasteiger partial charge in [-0.05, 0) is 78.3 Å². The first-order valence-electron chi connectivity index (χ1n) is 8.72. The predicted molar refractivity (Wildman–Crippen MR) is 103 cm³/mol. The molecule has 138 valence electrons. The average molecular weight is 355 g/mol.